The monoisotopic (exact) mass is 560 g/mol. The van der Waals surface area contributed by atoms with Gasteiger partial charge in [0.2, 0.25) is 5.95 Å². The number of aliphatic imine (C=N–C) groups is 1. The summed E-state index contributed by atoms with van der Waals surface area (Å²) >= 11 is 6.30. The van der Waals surface area contributed by atoms with Gasteiger partial charge in [-0.25, -0.2) is 18.7 Å². The van der Waals surface area contributed by atoms with E-state index in [0.29, 0.717) is 51.2 Å². The molecule has 4 aromatic rings. The number of nitrogens with one attached hydrogen (secondary N) is 2. The number of fused-ring (bicyclic) bond motifs is 3. The van der Waals surface area contributed by atoms with Gasteiger partial charge in [0.05, 0.1) is 23.5 Å². The first-order valence-electron chi connectivity index (χ1n) is 12.8. The van der Waals surface area contributed by atoms with Crippen molar-refractivity contribution in [3.05, 3.63) is 106 Å². The maximum absolute atomic E-state index is 14.8. The van der Waals surface area contributed by atoms with Gasteiger partial charge in [0.15, 0.2) is 0 Å². The van der Waals surface area contributed by atoms with Gasteiger partial charge in [-0.3, -0.25) is 9.79 Å². The Morgan fingerprint density at radius 3 is 2.52 bits per heavy atom. The molecule has 2 heterocycles. The molecular formula is C30H27ClF2N6O. The third kappa shape index (κ3) is 5.71. The zero-order valence-corrected chi connectivity index (χ0v) is 22.8. The minimum absolute atomic E-state index is 0.0544. The lowest BCUT2D eigenvalue weighted by Crippen LogP contribution is -2.29. The summed E-state index contributed by atoms with van der Waals surface area (Å²) in [6.07, 6.45) is 2.51. The second-order valence-electron chi connectivity index (χ2n) is 9.41. The SMILES string of the molecule is CNCCCN(C)C(=O)c1ccc(Nc2ncc3c(n2)-c2ccc(Cl)cc2C(c2c(F)cccc2F)=NC3)cc1. The fourth-order valence-corrected chi connectivity index (χ4v) is 4.73. The van der Waals surface area contributed by atoms with Crippen LogP contribution >= 0.6 is 11.6 Å². The molecule has 0 unspecified atom stereocenters. The number of hydrogen-bond donors (Lipinski definition) is 2. The molecule has 1 aromatic heterocycles. The Morgan fingerprint density at radius 2 is 1.80 bits per heavy atom. The van der Waals surface area contributed by atoms with E-state index in [-0.39, 0.29) is 23.7 Å². The van der Waals surface area contributed by atoms with Crippen LogP contribution in [0.3, 0.4) is 0 Å². The number of carbonyl (C=O) groups is 1. The summed E-state index contributed by atoms with van der Waals surface area (Å²) in [6, 6.07) is 15.9. The number of anilines is 2. The zero-order valence-electron chi connectivity index (χ0n) is 22.0. The summed E-state index contributed by atoms with van der Waals surface area (Å²) < 4.78 is 29.5. The van der Waals surface area contributed by atoms with Gasteiger partial charge in [-0.1, -0.05) is 23.7 Å². The number of rotatable bonds is 8. The van der Waals surface area contributed by atoms with Crippen LogP contribution < -0.4 is 10.6 Å². The molecule has 0 atom stereocenters. The Kier molecular flexibility index (Phi) is 8.14. The summed E-state index contributed by atoms with van der Waals surface area (Å²) in [5.74, 6) is -1.16. The van der Waals surface area contributed by atoms with Gasteiger partial charge in [-0.05, 0) is 68.5 Å². The lowest BCUT2D eigenvalue weighted by Gasteiger charge is -2.17. The highest BCUT2D eigenvalue weighted by Gasteiger charge is 2.25. The lowest BCUT2D eigenvalue weighted by molar-refractivity contribution is 0.0794. The van der Waals surface area contributed by atoms with E-state index in [9.17, 15) is 13.6 Å². The number of halogens is 3. The maximum Gasteiger partial charge on any atom is 0.253 e. The Labute approximate surface area is 236 Å². The molecule has 40 heavy (non-hydrogen) atoms. The van der Waals surface area contributed by atoms with E-state index in [0.717, 1.165) is 13.0 Å². The Morgan fingerprint density at radius 1 is 1.05 bits per heavy atom. The average Bonchev–Trinajstić information content (AvgIpc) is 3.09. The van der Waals surface area contributed by atoms with E-state index in [1.54, 1.807) is 60.6 Å². The van der Waals surface area contributed by atoms with Crippen molar-refractivity contribution in [3.8, 4) is 11.3 Å². The summed E-state index contributed by atoms with van der Waals surface area (Å²) in [7, 11) is 3.67. The standard InChI is InChI=1S/C30H27ClF2N6O/c1-34-13-4-14-39(2)29(40)18-7-10-21(11-8-18)37-30-36-17-19-16-35-28(26-24(32)5-3-6-25(26)33)23-15-20(31)9-12-22(23)27(19)38-30/h3,5-12,15,17,34H,4,13-14,16H2,1-2H3,(H,36,37,38). The van der Waals surface area contributed by atoms with Gasteiger partial charge >= 0.3 is 0 Å². The Balaban J connectivity index is 1.42. The molecule has 1 aliphatic heterocycles. The lowest BCUT2D eigenvalue weighted by atomic mass is 9.95. The van der Waals surface area contributed by atoms with E-state index >= 15 is 0 Å². The summed E-state index contributed by atoms with van der Waals surface area (Å²) in [6.45, 7) is 1.63. The molecule has 0 radical (unpaired) electrons. The van der Waals surface area contributed by atoms with Crippen molar-refractivity contribution in [2.75, 3.05) is 32.5 Å². The molecule has 5 rings (SSSR count). The third-order valence-electron chi connectivity index (χ3n) is 6.62. The number of amides is 1. The van der Waals surface area contributed by atoms with E-state index in [1.807, 2.05) is 7.05 Å². The second kappa shape index (κ2) is 11.9. The molecule has 0 saturated carbocycles. The van der Waals surface area contributed by atoms with Crippen LogP contribution in [-0.2, 0) is 6.54 Å². The topological polar surface area (TPSA) is 82.5 Å². The van der Waals surface area contributed by atoms with Crippen LogP contribution in [0.5, 0.6) is 0 Å². The molecule has 204 valence electrons. The van der Waals surface area contributed by atoms with E-state index in [2.05, 4.69) is 20.6 Å². The summed E-state index contributed by atoms with van der Waals surface area (Å²) in [5, 5.41) is 6.66. The molecule has 0 spiro atoms. The van der Waals surface area contributed by atoms with Crippen LogP contribution in [0.4, 0.5) is 20.4 Å². The van der Waals surface area contributed by atoms with Gasteiger partial charge in [-0.2, -0.15) is 0 Å². The van der Waals surface area contributed by atoms with Gasteiger partial charge in [-0.15, -0.1) is 0 Å². The quantitative estimate of drug-likeness (QED) is 0.264. The van der Waals surface area contributed by atoms with Gasteiger partial charge in [0.25, 0.3) is 5.91 Å². The third-order valence-corrected chi connectivity index (χ3v) is 6.85. The fourth-order valence-electron chi connectivity index (χ4n) is 4.56. The van der Waals surface area contributed by atoms with Crippen molar-refractivity contribution in [1.29, 1.82) is 0 Å². The van der Waals surface area contributed by atoms with Crippen LogP contribution in [0, 0.1) is 11.6 Å². The molecule has 1 amide bonds. The highest BCUT2D eigenvalue weighted by atomic mass is 35.5. The highest BCUT2D eigenvalue weighted by Crippen LogP contribution is 2.34. The van der Waals surface area contributed by atoms with Crippen molar-refractivity contribution < 1.29 is 13.6 Å². The van der Waals surface area contributed by atoms with Crippen LogP contribution in [0.2, 0.25) is 5.02 Å². The smallest absolute Gasteiger partial charge is 0.253 e. The van der Waals surface area contributed by atoms with Crippen LogP contribution in [-0.4, -0.2) is 53.7 Å². The summed E-state index contributed by atoms with van der Waals surface area (Å²) in [5.41, 5.74) is 3.61. The van der Waals surface area contributed by atoms with Crippen LogP contribution in [0.15, 0.2) is 71.9 Å². The molecule has 0 fully saturated rings. The van der Waals surface area contributed by atoms with E-state index in [4.69, 9.17) is 16.6 Å². The van der Waals surface area contributed by atoms with Gasteiger partial charge < -0.3 is 15.5 Å². The normalized spacial score (nSPS) is 12.2. The van der Waals surface area contributed by atoms with E-state index < -0.39 is 11.6 Å². The van der Waals surface area contributed by atoms with Crippen molar-refractivity contribution >= 4 is 34.9 Å². The summed E-state index contributed by atoms with van der Waals surface area (Å²) in [4.78, 5) is 28.1. The fraction of sp³-hybridized carbons (Fsp3) is 0.200. The highest BCUT2D eigenvalue weighted by molar-refractivity contribution is 6.31. The number of aromatic nitrogens is 2. The van der Waals surface area contributed by atoms with Crippen LogP contribution in [0.1, 0.15) is 33.5 Å². The first-order chi connectivity index (χ1) is 19.4. The maximum atomic E-state index is 14.8. The predicted octanol–water partition coefficient (Wildman–Crippen LogP) is 5.85. The largest absolute Gasteiger partial charge is 0.342 e. The van der Waals surface area contributed by atoms with Crippen LogP contribution in [0.25, 0.3) is 11.3 Å². The molecule has 0 bridgehead atoms. The molecule has 0 aliphatic carbocycles. The molecular weight excluding hydrogens is 534 g/mol. The van der Waals surface area contributed by atoms with E-state index in [1.165, 1.54) is 18.2 Å². The molecule has 2 N–H and O–H groups in total. The number of carbonyl (C=O) groups excluding carboxylic acids is 1. The predicted molar refractivity (Wildman–Crippen MR) is 153 cm³/mol. The minimum Gasteiger partial charge on any atom is -0.342 e. The Hall–Kier alpha value is -4.21. The Bertz CT molecular complexity index is 1570. The van der Waals surface area contributed by atoms with Crippen molar-refractivity contribution in [2.24, 2.45) is 4.99 Å². The number of hydrogen-bond acceptors (Lipinski definition) is 6. The van der Waals surface area contributed by atoms with Crippen molar-refractivity contribution in [1.82, 2.24) is 20.2 Å². The molecule has 3 aromatic carbocycles. The number of benzene rings is 3. The minimum atomic E-state index is -0.713. The molecule has 10 heteroatoms. The average molecular weight is 561 g/mol. The zero-order chi connectivity index (χ0) is 28.2. The van der Waals surface area contributed by atoms with Crippen molar-refractivity contribution in [3.63, 3.8) is 0 Å². The molecule has 7 nitrogen and oxygen atoms in total. The number of nitrogens with zero attached hydrogens (tertiary/aromatic N) is 4. The molecule has 1 aliphatic rings. The first kappa shape index (κ1) is 27.4. The van der Waals surface area contributed by atoms with Gasteiger partial charge in [0, 0.05) is 52.8 Å². The van der Waals surface area contributed by atoms with Gasteiger partial charge in [0.1, 0.15) is 11.6 Å². The second-order valence-corrected chi connectivity index (χ2v) is 9.84. The molecule has 0 saturated heterocycles. The van der Waals surface area contributed by atoms with Crippen molar-refractivity contribution in [2.45, 2.75) is 13.0 Å². The first-order valence-corrected chi connectivity index (χ1v) is 13.2.